The van der Waals surface area contributed by atoms with Crippen LogP contribution in [0.5, 0.6) is 0 Å². The summed E-state index contributed by atoms with van der Waals surface area (Å²) in [6.45, 7) is 0.804. The molecule has 0 radical (unpaired) electrons. The minimum absolute atomic E-state index is 0.0305. The quantitative estimate of drug-likeness (QED) is 0.847. The first-order valence-corrected chi connectivity index (χ1v) is 5.94. The number of aliphatic hydroxyl groups excluding tert-OH is 1. The highest BCUT2D eigenvalue weighted by atomic mass is 19.3. The molecule has 94 valence electrons. The van der Waals surface area contributed by atoms with Crippen molar-refractivity contribution in [3.05, 3.63) is 35.9 Å². The van der Waals surface area contributed by atoms with E-state index in [9.17, 15) is 13.9 Å². The normalized spacial score (nSPS) is 22.6. The SMILES string of the molecule is OC(CC(F)(F)c1ccccc1)C1CCCN1. The highest BCUT2D eigenvalue weighted by Gasteiger charge is 2.37. The molecule has 1 aliphatic heterocycles. The molecule has 0 aromatic heterocycles. The lowest BCUT2D eigenvalue weighted by molar-refractivity contribution is -0.0565. The summed E-state index contributed by atoms with van der Waals surface area (Å²) in [5.74, 6) is -2.97. The Balaban J connectivity index is 2.01. The number of hydrogen-bond donors (Lipinski definition) is 2. The van der Waals surface area contributed by atoms with Crippen LogP contribution in [-0.2, 0) is 5.92 Å². The second kappa shape index (κ2) is 5.10. The Bertz CT molecular complexity index is 350. The van der Waals surface area contributed by atoms with Crippen molar-refractivity contribution in [2.45, 2.75) is 37.3 Å². The summed E-state index contributed by atoms with van der Waals surface area (Å²) in [6, 6.07) is 7.48. The lowest BCUT2D eigenvalue weighted by Gasteiger charge is -2.24. The maximum atomic E-state index is 13.9. The fraction of sp³-hybridized carbons (Fsp3) is 0.538. The lowest BCUT2D eigenvalue weighted by atomic mass is 9.97. The van der Waals surface area contributed by atoms with Crippen molar-refractivity contribution < 1.29 is 13.9 Å². The van der Waals surface area contributed by atoms with Crippen molar-refractivity contribution in [3.63, 3.8) is 0 Å². The number of alkyl halides is 2. The molecular formula is C13H17F2NO. The molecule has 1 saturated heterocycles. The van der Waals surface area contributed by atoms with Crippen molar-refractivity contribution in [1.29, 1.82) is 0 Å². The molecule has 2 nitrogen and oxygen atoms in total. The summed E-state index contributed by atoms with van der Waals surface area (Å²) >= 11 is 0. The number of halogens is 2. The van der Waals surface area contributed by atoms with Gasteiger partial charge < -0.3 is 10.4 Å². The van der Waals surface area contributed by atoms with Crippen molar-refractivity contribution in [2.75, 3.05) is 6.54 Å². The first kappa shape index (κ1) is 12.5. The van der Waals surface area contributed by atoms with Gasteiger partial charge in [-0.1, -0.05) is 30.3 Å². The van der Waals surface area contributed by atoms with Gasteiger partial charge in [0.05, 0.1) is 6.10 Å². The van der Waals surface area contributed by atoms with Crippen LogP contribution in [0, 0.1) is 0 Å². The largest absolute Gasteiger partial charge is 0.391 e. The van der Waals surface area contributed by atoms with Gasteiger partial charge in [0.2, 0.25) is 0 Å². The first-order chi connectivity index (χ1) is 8.09. The average Bonchev–Trinajstić information content (AvgIpc) is 2.83. The number of hydrogen-bond acceptors (Lipinski definition) is 2. The summed E-state index contributed by atoms with van der Waals surface area (Å²) in [5.41, 5.74) is -0.0305. The van der Waals surface area contributed by atoms with E-state index in [2.05, 4.69) is 5.32 Å². The van der Waals surface area contributed by atoms with Crippen molar-refractivity contribution in [1.82, 2.24) is 5.32 Å². The van der Waals surface area contributed by atoms with Crippen molar-refractivity contribution in [2.24, 2.45) is 0 Å². The zero-order valence-corrected chi connectivity index (χ0v) is 9.57. The van der Waals surface area contributed by atoms with Crippen LogP contribution in [0.3, 0.4) is 0 Å². The monoisotopic (exact) mass is 241 g/mol. The summed E-state index contributed by atoms with van der Waals surface area (Å²) < 4.78 is 27.7. The molecule has 2 unspecified atom stereocenters. The lowest BCUT2D eigenvalue weighted by Crippen LogP contribution is -2.38. The van der Waals surface area contributed by atoms with E-state index >= 15 is 0 Å². The van der Waals surface area contributed by atoms with Crippen LogP contribution in [0.4, 0.5) is 8.78 Å². The Kier molecular flexibility index (Phi) is 3.74. The van der Waals surface area contributed by atoms with Crippen LogP contribution >= 0.6 is 0 Å². The molecule has 1 aromatic rings. The zero-order chi connectivity index (χ0) is 12.3. The van der Waals surface area contributed by atoms with E-state index in [4.69, 9.17) is 0 Å². The van der Waals surface area contributed by atoms with Crippen LogP contribution < -0.4 is 5.32 Å². The zero-order valence-electron chi connectivity index (χ0n) is 9.57. The van der Waals surface area contributed by atoms with E-state index in [1.54, 1.807) is 18.2 Å². The average molecular weight is 241 g/mol. The summed E-state index contributed by atoms with van der Waals surface area (Å²) in [6.07, 6.45) is 0.201. The molecule has 1 aliphatic rings. The van der Waals surface area contributed by atoms with Crippen LogP contribution in [0.25, 0.3) is 0 Å². The molecule has 2 N–H and O–H groups in total. The third kappa shape index (κ3) is 3.01. The molecule has 1 aromatic carbocycles. The van der Waals surface area contributed by atoms with Gasteiger partial charge in [0.25, 0.3) is 5.92 Å². The van der Waals surface area contributed by atoms with Gasteiger partial charge in [-0.15, -0.1) is 0 Å². The summed E-state index contributed by atoms with van der Waals surface area (Å²) in [5, 5.41) is 12.9. The Labute approximate surface area is 99.7 Å². The van der Waals surface area contributed by atoms with Gasteiger partial charge in [-0.25, -0.2) is 8.78 Å². The Morgan fingerprint density at radius 2 is 2.06 bits per heavy atom. The summed E-state index contributed by atoms with van der Waals surface area (Å²) in [4.78, 5) is 0. The predicted molar refractivity (Wildman–Crippen MR) is 62.0 cm³/mol. The van der Waals surface area contributed by atoms with Gasteiger partial charge in [-0.3, -0.25) is 0 Å². The van der Waals surface area contributed by atoms with Gasteiger partial charge >= 0.3 is 0 Å². The van der Waals surface area contributed by atoms with Gasteiger partial charge in [0.15, 0.2) is 0 Å². The predicted octanol–water partition coefficient (Wildman–Crippen LogP) is 2.28. The molecule has 0 bridgehead atoms. The van der Waals surface area contributed by atoms with Gasteiger partial charge in [0, 0.05) is 18.0 Å². The number of rotatable bonds is 4. The van der Waals surface area contributed by atoms with Gasteiger partial charge in [-0.2, -0.15) is 0 Å². The molecule has 17 heavy (non-hydrogen) atoms. The molecule has 4 heteroatoms. The number of nitrogens with one attached hydrogen (secondary N) is 1. The maximum absolute atomic E-state index is 13.9. The van der Waals surface area contributed by atoms with Crippen LogP contribution in [0.1, 0.15) is 24.8 Å². The molecule has 0 amide bonds. The Morgan fingerprint density at radius 3 is 2.65 bits per heavy atom. The minimum atomic E-state index is -2.97. The Morgan fingerprint density at radius 1 is 1.35 bits per heavy atom. The Hall–Kier alpha value is -1.00. The van der Waals surface area contributed by atoms with E-state index in [-0.39, 0.29) is 11.6 Å². The van der Waals surface area contributed by atoms with E-state index in [1.807, 2.05) is 0 Å². The minimum Gasteiger partial charge on any atom is -0.391 e. The van der Waals surface area contributed by atoms with Crippen LogP contribution in [0.2, 0.25) is 0 Å². The molecule has 2 atom stereocenters. The third-order valence-electron chi connectivity index (χ3n) is 3.22. The maximum Gasteiger partial charge on any atom is 0.275 e. The smallest absolute Gasteiger partial charge is 0.275 e. The van der Waals surface area contributed by atoms with Crippen molar-refractivity contribution in [3.8, 4) is 0 Å². The second-order valence-corrected chi connectivity index (χ2v) is 4.54. The van der Waals surface area contributed by atoms with E-state index in [0.717, 1.165) is 19.4 Å². The fourth-order valence-electron chi connectivity index (χ4n) is 2.24. The highest BCUT2D eigenvalue weighted by molar-refractivity contribution is 5.20. The van der Waals surface area contributed by atoms with Crippen LogP contribution in [0.15, 0.2) is 30.3 Å². The first-order valence-electron chi connectivity index (χ1n) is 5.94. The van der Waals surface area contributed by atoms with E-state index in [0.29, 0.717) is 0 Å². The molecule has 0 saturated carbocycles. The molecule has 0 spiro atoms. The van der Waals surface area contributed by atoms with Crippen molar-refractivity contribution >= 4 is 0 Å². The molecular weight excluding hydrogens is 224 g/mol. The third-order valence-corrected chi connectivity index (χ3v) is 3.22. The van der Waals surface area contributed by atoms with E-state index < -0.39 is 18.4 Å². The van der Waals surface area contributed by atoms with Gasteiger partial charge in [0.1, 0.15) is 0 Å². The molecule has 0 aliphatic carbocycles. The summed E-state index contributed by atoms with van der Waals surface area (Å²) in [7, 11) is 0. The molecule has 1 heterocycles. The topological polar surface area (TPSA) is 32.3 Å². The number of aliphatic hydroxyl groups is 1. The molecule has 1 fully saturated rings. The number of benzene rings is 1. The standard InChI is InChI=1S/C13H17F2NO/c14-13(15,10-5-2-1-3-6-10)9-12(17)11-7-4-8-16-11/h1-3,5-6,11-12,16-17H,4,7-9H2. The fourth-order valence-corrected chi connectivity index (χ4v) is 2.24. The van der Waals surface area contributed by atoms with E-state index in [1.165, 1.54) is 12.1 Å². The van der Waals surface area contributed by atoms with Crippen LogP contribution in [-0.4, -0.2) is 23.8 Å². The highest BCUT2D eigenvalue weighted by Crippen LogP contribution is 2.34. The van der Waals surface area contributed by atoms with Gasteiger partial charge in [-0.05, 0) is 19.4 Å². The molecule has 2 rings (SSSR count). The second-order valence-electron chi connectivity index (χ2n) is 4.54.